The van der Waals surface area contributed by atoms with E-state index in [1.165, 1.54) is 0 Å². The summed E-state index contributed by atoms with van der Waals surface area (Å²) in [7, 11) is 0. The summed E-state index contributed by atoms with van der Waals surface area (Å²) in [5.74, 6) is 0. The fraction of sp³-hybridized carbons (Fsp3) is 0. The van der Waals surface area contributed by atoms with Crippen molar-refractivity contribution in [1.82, 2.24) is 0 Å². The van der Waals surface area contributed by atoms with E-state index < -0.39 is 0 Å². The van der Waals surface area contributed by atoms with Crippen molar-refractivity contribution in [2.75, 3.05) is 0 Å². The normalized spacial score (nSPS) is 12.0. The molecule has 0 radical (unpaired) electrons. The zero-order chi connectivity index (χ0) is 4.28. The first kappa shape index (κ1) is 6.00. The van der Waals surface area contributed by atoms with Crippen molar-refractivity contribution in [2.45, 2.75) is 0 Å². The maximum Gasteiger partial charge on any atom is 0.159 e. The Bertz CT molecular complexity index is 45.6. The third-order valence-electron chi connectivity index (χ3n) is 0.0900. The predicted octanol–water partition coefficient (Wildman–Crippen LogP) is 2.21. The molecule has 0 amide bonds. The van der Waals surface area contributed by atoms with Gasteiger partial charge in [0.25, 0.3) is 0 Å². The molecule has 0 heterocycles. The SMILES string of the molecule is O/C(I)=C/I. The largest absolute Gasteiger partial charge is 0.502 e. The molecule has 0 aliphatic heterocycles. The molecule has 0 fully saturated rings. The van der Waals surface area contributed by atoms with Gasteiger partial charge in [0.15, 0.2) is 3.77 Å². The van der Waals surface area contributed by atoms with E-state index in [0.717, 1.165) is 0 Å². The highest BCUT2D eigenvalue weighted by molar-refractivity contribution is 14.1. The maximum absolute atomic E-state index is 8.20. The molecule has 5 heavy (non-hydrogen) atoms. The molecule has 0 aromatic rings. The lowest BCUT2D eigenvalue weighted by atomic mass is 11.2. The number of hydrogen-bond acceptors (Lipinski definition) is 1. The monoisotopic (exact) mass is 296 g/mol. The smallest absolute Gasteiger partial charge is 0.159 e. The van der Waals surface area contributed by atoms with Gasteiger partial charge in [0, 0.05) is 4.08 Å². The fourth-order valence-corrected chi connectivity index (χ4v) is 0. The molecule has 1 nitrogen and oxygen atoms in total. The van der Waals surface area contributed by atoms with Gasteiger partial charge >= 0.3 is 0 Å². The van der Waals surface area contributed by atoms with Crippen LogP contribution in [0.25, 0.3) is 0 Å². The van der Waals surface area contributed by atoms with Crippen molar-refractivity contribution in [3.05, 3.63) is 7.85 Å². The van der Waals surface area contributed by atoms with E-state index in [9.17, 15) is 0 Å². The van der Waals surface area contributed by atoms with Gasteiger partial charge in [-0.3, -0.25) is 0 Å². The van der Waals surface area contributed by atoms with Gasteiger partial charge in [-0.2, -0.15) is 0 Å². The Morgan fingerprint density at radius 3 is 2.00 bits per heavy atom. The molecule has 0 saturated carbocycles. The van der Waals surface area contributed by atoms with E-state index >= 15 is 0 Å². The van der Waals surface area contributed by atoms with E-state index in [0.29, 0.717) is 3.77 Å². The lowest BCUT2D eigenvalue weighted by Crippen LogP contribution is -1.50. The minimum Gasteiger partial charge on any atom is -0.502 e. The van der Waals surface area contributed by atoms with Crippen LogP contribution in [0.1, 0.15) is 0 Å². The third kappa shape index (κ3) is 5.00. The van der Waals surface area contributed by atoms with Crippen LogP contribution in [0.5, 0.6) is 0 Å². The Morgan fingerprint density at radius 2 is 2.00 bits per heavy atom. The minimum atomic E-state index is 0.336. The van der Waals surface area contributed by atoms with E-state index in [1.807, 2.05) is 45.2 Å². The van der Waals surface area contributed by atoms with Crippen LogP contribution in [0.4, 0.5) is 0 Å². The Labute approximate surface area is 57.7 Å². The summed E-state index contributed by atoms with van der Waals surface area (Å²) >= 11 is 3.77. The van der Waals surface area contributed by atoms with Gasteiger partial charge in [-0.05, 0) is 45.2 Å². The van der Waals surface area contributed by atoms with E-state index in [-0.39, 0.29) is 0 Å². The first-order chi connectivity index (χ1) is 2.27. The van der Waals surface area contributed by atoms with Gasteiger partial charge < -0.3 is 5.11 Å². The number of aliphatic hydroxyl groups is 1. The quantitative estimate of drug-likeness (QED) is 0.537. The molecule has 0 spiro atoms. The third-order valence-corrected chi connectivity index (χ3v) is 2.18. The molecular formula is C2H2I2O. The van der Waals surface area contributed by atoms with Crippen LogP contribution in [0.3, 0.4) is 0 Å². The van der Waals surface area contributed by atoms with E-state index in [4.69, 9.17) is 5.11 Å². The van der Waals surface area contributed by atoms with Gasteiger partial charge in [-0.1, -0.05) is 0 Å². The highest BCUT2D eigenvalue weighted by atomic mass is 127. The fourth-order valence-electron chi connectivity index (χ4n) is 0. The number of halogens is 2. The Hall–Kier alpha value is 1.00. The van der Waals surface area contributed by atoms with Gasteiger partial charge in [-0.15, -0.1) is 0 Å². The molecular weight excluding hydrogens is 294 g/mol. The van der Waals surface area contributed by atoms with Gasteiger partial charge in [0.1, 0.15) is 0 Å². The molecule has 0 saturated heterocycles. The van der Waals surface area contributed by atoms with Crippen LogP contribution in [0, 0.1) is 0 Å². The molecule has 0 aromatic carbocycles. The summed E-state index contributed by atoms with van der Waals surface area (Å²) in [6.07, 6.45) is 0. The van der Waals surface area contributed by atoms with Crippen LogP contribution in [-0.4, -0.2) is 5.11 Å². The van der Waals surface area contributed by atoms with Crippen molar-refractivity contribution in [3.63, 3.8) is 0 Å². The molecule has 0 aliphatic carbocycles. The summed E-state index contributed by atoms with van der Waals surface area (Å²) in [5, 5.41) is 8.20. The molecule has 0 atom stereocenters. The summed E-state index contributed by atoms with van der Waals surface area (Å²) < 4.78 is 1.93. The highest BCUT2D eigenvalue weighted by Gasteiger charge is 1.68. The molecule has 0 aliphatic rings. The molecule has 0 aromatic heterocycles. The van der Waals surface area contributed by atoms with Gasteiger partial charge in [0.2, 0.25) is 0 Å². The van der Waals surface area contributed by atoms with E-state index in [1.54, 1.807) is 4.08 Å². The maximum atomic E-state index is 8.20. The molecule has 1 N–H and O–H groups in total. The molecule has 3 heteroatoms. The van der Waals surface area contributed by atoms with Crippen molar-refractivity contribution in [3.8, 4) is 0 Å². The van der Waals surface area contributed by atoms with Crippen LogP contribution in [0.2, 0.25) is 0 Å². The molecule has 0 unspecified atom stereocenters. The molecule has 0 bridgehead atoms. The molecule has 0 rings (SSSR count). The first-order valence-corrected chi connectivity index (χ1v) is 3.24. The van der Waals surface area contributed by atoms with Crippen molar-refractivity contribution < 1.29 is 5.11 Å². The summed E-state index contributed by atoms with van der Waals surface area (Å²) in [6, 6.07) is 0. The predicted molar refractivity (Wildman–Crippen MR) is 38.8 cm³/mol. The summed E-state index contributed by atoms with van der Waals surface area (Å²) in [5.41, 5.74) is 0. The lowest BCUT2D eigenvalue weighted by molar-refractivity contribution is 0.467. The van der Waals surface area contributed by atoms with Crippen molar-refractivity contribution in [1.29, 1.82) is 0 Å². The van der Waals surface area contributed by atoms with Crippen molar-refractivity contribution >= 4 is 45.2 Å². The first-order valence-electron chi connectivity index (χ1n) is 0.919. The number of rotatable bonds is 0. The Morgan fingerprint density at radius 1 is 1.80 bits per heavy atom. The second-order valence-electron chi connectivity index (χ2n) is 0.432. The summed E-state index contributed by atoms with van der Waals surface area (Å²) in [6.45, 7) is 0. The minimum absolute atomic E-state index is 0.336. The van der Waals surface area contributed by atoms with Gasteiger partial charge in [0.05, 0.1) is 0 Å². The zero-order valence-electron chi connectivity index (χ0n) is 2.28. The number of hydrogen-bond donors (Lipinski definition) is 1. The second-order valence-corrected chi connectivity index (χ2v) is 2.16. The number of aliphatic hydroxyl groups excluding tert-OH is 1. The molecule has 30 valence electrons. The average Bonchev–Trinajstić information content (AvgIpc) is 1.38. The topological polar surface area (TPSA) is 20.2 Å². The van der Waals surface area contributed by atoms with Crippen LogP contribution >= 0.6 is 45.2 Å². The Balaban J connectivity index is 3.14. The van der Waals surface area contributed by atoms with Crippen LogP contribution in [0.15, 0.2) is 7.85 Å². The lowest BCUT2D eigenvalue weighted by Gasteiger charge is -1.70. The summed E-state index contributed by atoms with van der Waals surface area (Å²) in [4.78, 5) is 0. The average molecular weight is 296 g/mol. The second kappa shape index (κ2) is 3.20. The standard InChI is InChI=1S/C2H2I2O/c3-1-2(4)5/h1,5H/b2-1+. The Kier molecular flexibility index (Phi) is 3.84. The van der Waals surface area contributed by atoms with Crippen LogP contribution < -0.4 is 0 Å². The van der Waals surface area contributed by atoms with E-state index in [2.05, 4.69) is 0 Å². The van der Waals surface area contributed by atoms with Crippen LogP contribution in [-0.2, 0) is 0 Å². The highest BCUT2D eigenvalue weighted by Crippen LogP contribution is 2.01. The zero-order valence-corrected chi connectivity index (χ0v) is 6.60. The van der Waals surface area contributed by atoms with Crippen molar-refractivity contribution in [2.24, 2.45) is 0 Å². The van der Waals surface area contributed by atoms with Gasteiger partial charge in [-0.25, -0.2) is 0 Å².